The van der Waals surface area contributed by atoms with Gasteiger partial charge in [-0.3, -0.25) is 0 Å². The summed E-state index contributed by atoms with van der Waals surface area (Å²) in [6.07, 6.45) is 0. The van der Waals surface area contributed by atoms with Crippen LogP contribution in [-0.2, 0) is 0 Å². The predicted molar refractivity (Wildman–Crippen MR) is 288 cm³/mol. The van der Waals surface area contributed by atoms with E-state index in [0.29, 0.717) is 0 Å². The van der Waals surface area contributed by atoms with Crippen molar-refractivity contribution in [3.05, 3.63) is 279 Å². The average Bonchev–Trinajstić information content (AvgIpc) is 3.76. The molecule has 320 valence electrons. The van der Waals surface area contributed by atoms with E-state index in [4.69, 9.17) is 0 Å². The molecule has 0 radical (unpaired) electrons. The van der Waals surface area contributed by atoms with E-state index in [0.717, 1.165) is 22.7 Å². The maximum absolute atomic E-state index is 2.39. The first-order valence-electron chi connectivity index (χ1n) is 23.3. The zero-order chi connectivity index (χ0) is 45.2. The Labute approximate surface area is 397 Å². The van der Waals surface area contributed by atoms with Gasteiger partial charge in [-0.1, -0.05) is 212 Å². The highest BCUT2D eigenvalue weighted by molar-refractivity contribution is 6.10. The largest absolute Gasteiger partial charge is 0.311 e. The summed E-state index contributed by atoms with van der Waals surface area (Å²) in [6, 6.07) is 101. The Kier molecular flexibility index (Phi) is 10.6. The summed E-state index contributed by atoms with van der Waals surface area (Å²) in [5, 5.41) is 2.51. The lowest BCUT2D eigenvalue weighted by Crippen LogP contribution is -2.09. The molecule has 0 aliphatic rings. The van der Waals surface area contributed by atoms with Crippen LogP contribution in [0.3, 0.4) is 0 Å². The number of aromatic nitrogens is 1. The second-order valence-corrected chi connectivity index (χ2v) is 17.4. The number of hydrogen-bond donors (Lipinski definition) is 0. The van der Waals surface area contributed by atoms with Gasteiger partial charge in [0, 0.05) is 33.5 Å². The quantitative estimate of drug-likeness (QED) is 0.133. The Morgan fingerprint density at radius 2 is 0.500 bits per heavy atom. The summed E-state index contributed by atoms with van der Waals surface area (Å²) in [5.41, 5.74) is 21.4. The minimum Gasteiger partial charge on any atom is -0.311 e. The molecule has 1 heterocycles. The topological polar surface area (TPSA) is 8.17 Å². The van der Waals surface area contributed by atoms with Crippen LogP contribution >= 0.6 is 0 Å². The zero-order valence-electron chi connectivity index (χ0n) is 37.5. The third-order valence-electron chi connectivity index (χ3n) is 13.3. The van der Waals surface area contributed by atoms with Crippen LogP contribution in [-0.4, -0.2) is 4.57 Å². The highest BCUT2D eigenvalue weighted by Crippen LogP contribution is 2.39. The van der Waals surface area contributed by atoms with Crippen LogP contribution in [0.4, 0.5) is 17.1 Å². The van der Waals surface area contributed by atoms with Crippen molar-refractivity contribution in [2.75, 3.05) is 4.90 Å². The molecule has 11 aromatic carbocycles. The lowest BCUT2D eigenvalue weighted by molar-refractivity contribution is 1.18. The summed E-state index contributed by atoms with van der Waals surface area (Å²) < 4.78 is 2.39. The maximum Gasteiger partial charge on any atom is 0.0541 e. The van der Waals surface area contributed by atoms with Gasteiger partial charge >= 0.3 is 0 Å². The van der Waals surface area contributed by atoms with Gasteiger partial charge in [0.1, 0.15) is 0 Å². The fourth-order valence-electron chi connectivity index (χ4n) is 9.69. The minimum absolute atomic E-state index is 1.11. The molecule has 2 nitrogen and oxygen atoms in total. The minimum atomic E-state index is 1.11. The van der Waals surface area contributed by atoms with E-state index in [1.165, 1.54) is 88.6 Å². The normalized spacial score (nSPS) is 11.2. The molecule has 0 bridgehead atoms. The van der Waals surface area contributed by atoms with Crippen LogP contribution in [0, 0.1) is 0 Å². The molecule has 2 heteroatoms. The molecule has 1 aromatic heterocycles. The first-order valence-corrected chi connectivity index (χ1v) is 23.3. The third-order valence-corrected chi connectivity index (χ3v) is 13.3. The number of para-hydroxylation sites is 2. The van der Waals surface area contributed by atoms with Gasteiger partial charge in [-0.05, 0) is 133 Å². The monoisotopic (exact) mass is 866 g/mol. The molecule has 12 rings (SSSR count). The van der Waals surface area contributed by atoms with Gasteiger partial charge in [-0.15, -0.1) is 0 Å². The van der Waals surface area contributed by atoms with Crippen LogP contribution in [0.15, 0.2) is 279 Å². The van der Waals surface area contributed by atoms with Gasteiger partial charge in [0.05, 0.1) is 11.0 Å². The SMILES string of the molecule is c1ccc(-c2ccc(N(c3ccccc3)c3ccc(-c4ccc(-c5ccc(-c6ccc(-c7ccc8c(c7)c7ccccc7n8-c7ccc(-c8ccccc8)cc7)cc6)cc5)cc4)cc3)cc2)cc1. The van der Waals surface area contributed by atoms with E-state index in [1.54, 1.807) is 0 Å². The molecule has 0 saturated carbocycles. The highest BCUT2D eigenvalue weighted by atomic mass is 15.1. The lowest BCUT2D eigenvalue weighted by Gasteiger charge is -2.26. The molecule has 68 heavy (non-hydrogen) atoms. The third kappa shape index (κ3) is 7.85. The maximum atomic E-state index is 2.39. The van der Waals surface area contributed by atoms with Gasteiger partial charge in [-0.25, -0.2) is 0 Å². The van der Waals surface area contributed by atoms with Crippen molar-refractivity contribution < 1.29 is 0 Å². The van der Waals surface area contributed by atoms with E-state index in [9.17, 15) is 0 Å². The zero-order valence-corrected chi connectivity index (χ0v) is 37.5. The van der Waals surface area contributed by atoms with Crippen LogP contribution < -0.4 is 4.90 Å². The van der Waals surface area contributed by atoms with Crippen molar-refractivity contribution in [3.8, 4) is 72.4 Å². The summed E-state index contributed by atoms with van der Waals surface area (Å²) in [6.45, 7) is 0. The summed E-state index contributed by atoms with van der Waals surface area (Å²) in [5.74, 6) is 0. The van der Waals surface area contributed by atoms with Crippen molar-refractivity contribution in [3.63, 3.8) is 0 Å². The van der Waals surface area contributed by atoms with Crippen LogP contribution in [0.1, 0.15) is 0 Å². The number of hydrogen-bond acceptors (Lipinski definition) is 1. The number of anilines is 3. The van der Waals surface area contributed by atoms with Crippen LogP contribution in [0.2, 0.25) is 0 Å². The summed E-state index contributed by atoms with van der Waals surface area (Å²) in [7, 11) is 0. The molecule has 0 amide bonds. The van der Waals surface area contributed by atoms with E-state index < -0.39 is 0 Å². The molecule has 0 unspecified atom stereocenters. The molecular formula is C66H46N2. The van der Waals surface area contributed by atoms with Crippen molar-refractivity contribution in [2.24, 2.45) is 0 Å². The molecule has 0 atom stereocenters. The Morgan fingerprint density at radius 3 is 0.941 bits per heavy atom. The van der Waals surface area contributed by atoms with E-state index in [1.807, 2.05) is 0 Å². The van der Waals surface area contributed by atoms with Crippen LogP contribution in [0.5, 0.6) is 0 Å². The summed E-state index contributed by atoms with van der Waals surface area (Å²) in [4.78, 5) is 2.31. The Balaban J connectivity index is 0.747. The van der Waals surface area contributed by atoms with Crippen molar-refractivity contribution >= 4 is 38.9 Å². The molecular weight excluding hydrogens is 821 g/mol. The Hall–Kier alpha value is -8.98. The number of rotatable bonds is 10. The standard InChI is InChI=1S/C66H46N2/c1-4-12-47(13-5-1)54-32-39-60(40-33-54)67(59-16-8-3-9-17-59)61-41-34-56(35-42-61)53-26-24-50(25-27-53)49-20-22-51(23-21-49)52-28-30-57(31-29-52)58-38-45-66-64(46-58)63-18-10-11-19-65(63)68(66)62-43-36-55(37-44-62)48-14-6-2-7-15-48/h1-46H. The number of nitrogens with zero attached hydrogens (tertiary/aromatic N) is 2. The van der Waals surface area contributed by atoms with Gasteiger partial charge in [-0.2, -0.15) is 0 Å². The number of fused-ring (bicyclic) bond motifs is 3. The first-order chi connectivity index (χ1) is 33.7. The fourth-order valence-corrected chi connectivity index (χ4v) is 9.69. The van der Waals surface area contributed by atoms with Gasteiger partial charge in [0.15, 0.2) is 0 Å². The first kappa shape index (κ1) is 40.5. The molecule has 0 saturated heterocycles. The van der Waals surface area contributed by atoms with E-state index >= 15 is 0 Å². The van der Waals surface area contributed by atoms with Gasteiger partial charge in [0.25, 0.3) is 0 Å². The van der Waals surface area contributed by atoms with Gasteiger partial charge in [0.2, 0.25) is 0 Å². The van der Waals surface area contributed by atoms with Crippen molar-refractivity contribution in [2.45, 2.75) is 0 Å². The molecule has 0 aliphatic carbocycles. The molecule has 0 spiro atoms. The highest BCUT2D eigenvalue weighted by Gasteiger charge is 2.15. The fraction of sp³-hybridized carbons (Fsp3) is 0. The number of benzene rings is 11. The molecule has 12 aromatic rings. The second-order valence-electron chi connectivity index (χ2n) is 17.4. The Morgan fingerprint density at radius 1 is 0.206 bits per heavy atom. The molecule has 0 aliphatic heterocycles. The second kappa shape index (κ2) is 17.8. The van der Waals surface area contributed by atoms with Crippen molar-refractivity contribution in [1.82, 2.24) is 4.57 Å². The Bertz CT molecular complexity index is 3630. The van der Waals surface area contributed by atoms with E-state index in [-0.39, 0.29) is 0 Å². The van der Waals surface area contributed by atoms with E-state index in [2.05, 4.69) is 289 Å². The van der Waals surface area contributed by atoms with Crippen molar-refractivity contribution in [1.29, 1.82) is 0 Å². The smallest absolute Gasteiger partial charge is 0.0541 e. The molecule has 0 fully saturated rings. The van der Waals surface area contributed by atoms with Crippen LogP contribution in [0.25, 0.3) is 94.3 Å². The summed E-state index contributed by atoms with van der Waals surface area (Å²) >= 11 is 0. The molecule has 0 N–H and O–H groups in total. The average molecular weight is 867 g/mol. The van der Waals surface area contributed by atoms with Gasteiger partial charge < -0.3 is 9.47 Å². The lowest BCUT2D eigenvalue weighted by atomic mass is 9.96. The predicted octanol–water partition coefficient (Wildman–Crippen LogP) is 18.3.